The van der Waals surface area contributed by atoms with Gasteiger partial charge < -0.3 is 24.3 Å². The average Bonchev–Trinajstić information content (AvgIpc) is 2.62. The first-order valence-electron chi connectivity index (χ1n) is 7.82. The van der Waals surface area contributed by atoms with Crippen LogP contribution in [0.1, 0.15) is 0 Å². The van der Waals surface area contributed by atoms with E-state index in [-0.39, 0.29) is 18.5 Å². The van der Waals surface area contributed by atoms with E-state index in [2.05, 4.69) is 5.32 Å². The van der Waals surface area contributed by atoms with E-state index in [0.29, 0.717) is 42.8 Å². The fraction of sp³-hybridized carbons (Fsp3) is 0.333. The van der Waals surface area contributed by atoms with Crippen LogP contribution in [-0.4, -0.2) is 39.5 Å². The molecule has 0 spiro atoms. The minimum Gasteiger partial charge on any atom is -0.493 e. The lowest BCUT2D eigenvalue weighted by Crippen LogP contribution is -2.39. The molecule has 0 saturated carbocycles. The Morgan fingerprint density at radius 3 is 2.76 bits per heavy atom. The van der Waals surface area contributed by atoms with Gasteiger partial charge >= 0.3 is 0 Å². The van der Waals surface area contributed by atoms with E-state index in [1.165, 1.54) is 0 Å². The predicted molar refractivity (Wildman–Crippen MR) is 100.0 cm³/mol. The van der Waals surface area contributed by atoms with Gasteiger partial charge in [-0.25, -0.2) is 0 Å². The Balaban J connectivity index is 0.00000225. The lowest BCUT2D eigenvalue weighted by atomic mass is 10.2. The van der Waals surface area contributed by atoms with Crippen LogP contribution in [0.25, 0.3) is 0 Å². The zero-order valence-electron chi connectivity index (χ0n) is 13.9. The molecule has 5 nitrogen and oxygen atoms in total. The Morgan fingerprint density at radius 2 is 1.96 bits per heavy atom. The van der Waals surface area contributed by atoms with Gasteiger partial charge in [0.2, 0.25) is 0 Å². The maximum atomic E-state index is 6.13. The molecular formula is C18H21Cl2NO4. The van der Waals surface area contributed by atoms with Gasteiger partial charge in [-0.05, 0) is 24.3 Å². The highest BCUT2D eigenvalue weighted by atomic mass is 35.5. The molecule has 7 heteroatoms. The van der Waals surface area contributed by atoms with Crippen molar-refractivity contribution in [1.29, 1.82) is 0 Å². The van der Waals surface area contributed by atoms with Gasteiger partial charge in [0.25, 0.3) is 0 Å². The summed E-state index contributed by atoms with van der Waals surface area (Å²) in [6.07, 6.45) is -0.0188. The Morgan fingerprint density at radius 1 is 1.16 bits per heavy atom. The fourth-order valence-electron chi connectivity index (χ4n) is 2.44. The fourth-order valence-corrected chi connectivity index (χ4v) is 2.66. The number of fused-ring (bicyclic) bond motifs is 1. The zero-order valence-corrected chi connectivity index (χ0v) is 15.4. The van der Waals surface area contributed by atoms with Gasteiger partial charge in [0.15, 0.2) is 23.0 Å². The van der Waals surface area contributed by atoms with Crippen molar-refractivity contribution in [3.05, 3.63) is 47.5 Å². The molecule has 0 aliphatic carbocycles. The normalized spacial score (nSPS) is 15.2. The summed E-state index contributed by atoms with van der Waals surface area (Å²) >= 11 is 6.13. The number of methoxy groups -OCH3 is 1. The monoisotopic (exact) mass is 385 g/mol. The van der Waals surface area contributed by atoms with Crippen molar-refractivity contribution in [2.75, 3.05) is 33.4 Å². The smallest absolute Gasteiger partial charge is 0.179 e. The molecule has 0 aromatic heterocycles. The minimum atomic E-state index is -0.0188. The second kappa shape index (κ2) is 9.61. The van der Waals surface area contributed by atoms with Crippen molar-refractivity contribution < 1.29 is 18.9 Å². The number of hydrogen-bond acceptors (Lipinski definition) is 5. The van der Waals surface area contributed by atoms with Crippen LogP contribution in [0.15, 0.2) is 42.5 Å². The molecule has 2 aromatic rings. The summed E-state index contributed by atoms with van der Waals surface area (Å²) in [4.78, 5) is 0. The van der Waals surface area contributed by atoms with Crippen LogP contribution in [0, 0.1) is 0 Å². The topological polar surface area (TPSA) is 49.0 Å². The van der Waals surface area contributed by atoms with Crippen LogP contribution in [0.3, 0.4) is 0 Å². The minimum absolute atomic E-state index is 0. The number of para-hydroxylation sites is 3. The van der Waals surface area contributed by atoms with E-state index >= 15 is 0 Å². The summed E-state index contributed by atoms with van der Waals surface area (Å²) in [5, 5.41) is 3.84. The SMILES string of the molecule is COc1cccc(Cl)c1OCCNC[C@H]1COc2ccccc2O1.Cl. The number of hydrogen-bond donors (Lipinski definition) is 1. The zero-order chi connectivity index (χ0) is 16.8. The highest BCUT2D eigenvalue weighted by Gasteiger charge is 2.19. The Hall–Kier alpha value is -1.82. The third-order valence-corrected chi connectivity index (χ3v) is 3.91. The molecule has 1 heterocycles. The number of benzene rings is 2. The lowest BCUT2D eigenvalue weighted by Gasteiger charge is -2.26. The van der Waals surface area contributed by atoms with Gasteiger partial charge in [-0.3, -0.25) is 0 Å². The lowest BCUT2D eigenvalue weighted by molar-refractivity contribution is 0.0897. The van der Waals surface area contributed by atoms with Gasteiger partial charge in [-0.15, -0.1) is 12.4 Å². The summed E-state index contributed by atoms with van der Waals surface area (Å²) < 4.78 is 22.5. The second-order valence-corrected chi connectivity index (χ2v) is 5.73. The number of halogens is 2. The third-order valence-electron chi connectivity index (χ3n) is 3.62. The summed E-state index contributed by atoms with van der Waals surface area (Å²) in [5.74, 6) is 2.77. The van der Waals surface area contributed by atoms with Crippen molar-refractivity contribution in [3.63, 3.8) is 0 Å². The van der Waals surface area contributed by atoms with Gasteiger partial charge in [0, 0.05) is 13.1 Å². The highest BCUT2D eigenvalue weighted by molar-refractivity contribution is 6.32. The first-order valence-corrected chi connectivity index (χ1v) is 8.20. The number of rotatable bonds is 7. The molecule has 0 bridgehead atoms. The van der Waals surface area contributed by atoms with Gasteiger partial charge in [-0.1, -0.05) is 29.8 Å². The van der Waals surface area contributed by atoms with Crippen molar-refractivity contribution in [2.45, 2.75) is 6.10 Å². The van der Waals surface area contributed by atoms with Gasteiger partial charge in [0.05, 0.1) is 12.1 Å². The quantitative estimate of drug-likeness (QED) is 0.738. The maximum Gasteiger partial charge on any atom is 0.179 e. The van der Waals surface area contributed by atoms with Crippen molar-refractivity contribution >= 4 is 24.0 Å². The van der Waals surface area contributed by atoms with E-state index in [1.807, 2.05) is 36.4 Å². The highest BCUT2D eigenvalue weighted by Crippen LogP contribution is 2.34. The number of nitrogens with one attached hydrogen (secondary N) is 1. The van der Waals surface area contributed by atoms with Crippen LogP contribution >= 0.6 is 24.0 Å². The molecule has 25 heavy (non-hydrogen) atoms. The van der Waals surface area contributed by atoms with E-state index in [9.17, 15) is 0 Å². The maximum absolute atomic E-state index is 6.13. The van der Waals surface area contributed by atoms with Crippen LogP contribution in [0.4, 0.5) is 0 Å². The van der Waals surface area contributed by atoms with Gasteiger partial charge in [-0.2, -0.15) is 0 Å². The first-order chi connectivity index (χ1) is 11.8. The van der Waals surface area contributed by atoms with Crippen molar-refractivity contribution in [2.24, 2.45) is 0 Å². The Kier molecular flexibility index (Phi) is 7.50. The van der Waals surface area contributed by atoms with Gasteiger partial charge in [0.1, 0.15) is 19.3 Å². The van der Waals surface area contributed by atoms with Crippen molar-refractivity contribution in [1.82, 2.24) is 5.32 Å². The standard InChI is InChI=1S/C18H20ClNO4.ClH/c1-21-17-8-4-5-14(19)18(17)22-10-9-20-11-13-12-23-15-6-2-3-7-16(15)24-13;/h2-8,13,20H,9-12H2,1H3;1H/t13-;/m0./s1. The predicted octanol–water partition coefficient (Wildman–Crippen LogP) is 3.58. The molecule has 1 aliphatic rings. The Labute approximate surface area is 158 Å². The summed E-state index contributed by atoms with van der Waals surface area (Å²) in [7, 11) is 1.59. The largest absolute Gasteiger partial charge is 0.493 e. The van der Waals surface area contributed by atoms with E-state index in [0.717, 1.165) is 11.5 Å². The molecule has 0 fully saturated rings. The second-order valence-electron chi connectivity index (χ2n) is 5.32. The molecule has 1 N–H and O–H groups in total. The molecule has 136 valence electrons. The molecule has 0 saturated heterocycles. The Bertz CT molecular complexity index is 684. The van der Waals surface area contributed by atoms with Crippen LogP contribution < -0.4 is 24.3 Å². The van der Waals surface area contributed by atoms with E-state index < -0.39 is 0 Å². The molecular weight excluding hydrogens is 365 g/mol. The van der Waals surface area contributed by atoms with Crippen LogP contribution in [0.5, 0.6) is 23.0 Å². The molecule has 0 radical (unpaired) electrons. The molecule has 1 aliphatic heterocycles. The molecule has 0 unspecified atom stereocenters. The number of ether oxygens (including phenoxy) is 4. The van der Waals surface area contributed by atoms with E-state index in [4.69, 9.17) is 30.5 Å². The first kappa shape index (κ1) is 19.5. The summed E-state index contributed by atoms with van der Waals surface area (Å²) in [5.41, 5.74) is 0. The molecule has 2 aromatic carbocycles. The van der Waals surface area contributed by atoms with Crippen LogP contribution in [0.2, 0.25) is 5.02 Å². The van der Waals surface area contributed by atoms with Crippen LogP contribution in [-0.2, 0) is 0 Å². The summed E-state index contributed by atoms with van der Waals surface area (Å²) in [6.45, 7) is 2.35. The molecule has 1 atom stereocenters. The molecule has 0 amide bonds. The average molecular weight is 386 g/mol. The summed E-state index contributed by atoms with van der Waals surface area (Å²) in [6, 6.07) is 13.1. The van der Waals surface area contributed by atoms with Crippen molar-refractivity contribution in [3.8, 4) is 23.0 Å². The van der Waals surface area contributed by atoms with E-state index in [1.54, 1.807) is 13.2 Å². The molecule has 3 rings (SSSR count). The third kappa shape index (κ3) is 5.08.